The molecule has 9 heteroatoms. The van der Waals surface area contributed by atoms with Crippen LogP contribution in [0.3, 0.4) is 0 Å². The topological polar surface area (TPSA) is 100 Å². The zero-order valence-corrected chi connectivity index (χ0v) is 19.0. The van der Waals surface area contributed by atoms with Crippen molar-refractivity contribution >= 4 is 17.5 Å². The number of imidazole rings is 1. The van der Waals surface area contributed by atoms with Crippen LogP contribution in [0.2, 0.25) is 0 Å². The Labute approximate surface area is 201 Å². The number of aromatic nitrogens is 3. The van der Waals surface area contributed by atoms with Crippen LogP contribution in [-0.2, 0) is 11.2 Å². The van der Waals surface area contributed by atoms with Crippen molar-refractivity contribution < 1.29 is 18.7 Å². The minimum Gasteiger partial charge on any atom is -0.497 e. The van der Waals surface area contributed by atoms with Gasteiger partial charge < -0.3 is 15.0 Å². The summed E-state index contributed by atoms with van der Waals surface area (Å²) >= 11 is 0. The van der Waals surface area contributed by atoms with Gasteiger partial charge in [-0.2, -0.15) is 0 Å². The van der Waals surface area contributed by atoms with Gasteiger partial charge in [-0.15, -0.1) is 0 Å². The number of nitrogens with one attached hydrogen (secondary N) is 2. The third-order valence-electron chi connectivity index (χ3n) is 5.41. The zero-order valence-electron chi connectivity index (χ0n) is 19.0. The fourth-order valence-corrected chi connectivity index (χ4v) is 3.70. The highest BCUT2D eigenvalue weighted by Crippen LogP contribution is 2.30. The molecular weight excluding hydrogens is 449 g/mol. The number of ether oxygens (including phenoxy) is 1. The van der Waals surface area contributed by atoms with Crippen LogP contribution in [0.4, 0.5) is 10.1 Å². The Hall–Kier alpha value is -4.53. The molecule has 0 saturated carbocycles. The average Bonchev–Trinajstić information content (AvgIpc) is 3.43. The van der Waals surface area contributed by atoms with E-state index in [-0.39, 0.29) is 18.1 Å². The lowest BCUT2D eigenvalue weighted by molar-refractivity contribution is -0.122. The van der Waals surface area contributed by atoms with Crippen molar-refractivity contribution in [1.29, 1.82) is 0 Å². The summed E-state index contributed by atoms with van der Waals surface area (Å²) in [6, 6.07) is 15.5. The number of hydrogen-bond acceptors (Lipinski definition) is 5. The molecule has 35 heavy (non-hydrogen) atoms. The third kappa shape index (κ3) is 5.70. The summed E-state index contributed by atoms with van der Waals surface area (Å²) in [4.78, 5) is 39.5. The Balaban J connectivity index is 1.67. The highest BCUT2D eigenvalue weighted by Gasteiger charge is 2.34. The molecule has 0 aliphatic carbocycles. The molecule has 4 rings (SSSR count). The number of H-pyrrole nitrogens is 1. The zero-order chi connectivity index (χ0) is 24.6. The van der Waals surface area contributed by atoms with Crippen LogP contribution >= 0.6 is 0 Å². The Morgan fingerprint density at radius 3 is 2.57 bits per heavy atom. The summed E-state index contributed by atoms with van der Waals surface area (Å²) in [6.45, 7) is 0.258. The molecule has 2 N–H and O–H groups in total. The maximum Gasteiger partial charge on any atom is 0.277 e. The highest BCUT2D eigenvalue weighted by molar-refractivity contribution is 6.09. The SMILES string of the molecule is COc1ccc(N(C(=O)c2cnc[nH]2)C(C(=O)NCCc2cccc(F)c2)c2cccnc2)cc1. The molecule has 0 aliphatic rings. The Morgan fingerprint density at radius 1 is 1.09 bits per heavy atom. The van der Waals surface area contributed by atoms with Gasteiger partial charge in [-0.25, -0.2) is 9.37 Å². The van der Waals surface area contributed by atoms with E-state index < -0.39 is 17.9 Å². The van der Waals surface area contributed by atoms with E-state index in [1.165, 1.54) is 29.6 Å². The van der Waals surface area contributed by atoms with E-state index in [0.29, 0.717) is 23.4 Å². The highest BCUT2D eigenvalue weighted by atomic mass is 19.1. The summed E-state index contributed by atoms with van der Waals surface area (Å²) in [6.07, 6.45) is 6.38. The molecule has 0 bridgehead atoms. The molecule has 0 fully saturated rings. The van der Waals surface area contributed by atoms with Crippen LogP contribution in [0.5, 0.6) is 5.75 Å². The first-order valence-corrected chi connectivity index (χ1v) is 10.9. The second-order valence-corrected chi connectivity index (χ2v) is 7.70. The van der Waals surface area contributed by atoms with Gasteiger partial charge in [0.1, 0.15) is 23.3 Å². The monoisotopic (exact) mass is 473 g/mol. The second-order valence-electron chi connectivity index (χ2n) is 7.70. The molecule has 2 aromatic carbocycles. The van der Waals surface area contributed by atoms with E-state index in [1.54, 1.807) is 68.0 Å². The van der Waals surface area contributed by atoms with Crippen LogP contribution in [0.25, 0.3) is 0 Å². The maximum atomic E-state index is 13.6. The summed E-state index contributed by atoms with van der Waals surface area (Å²) < 4.78 is 18.8. The summed E-state index contributed by atoms with van der Waals surface area (Å²) in [7, 11) is 1.55. The fraction of sp³-hybridized carbons (Fsp3) is 0.154. The molecule has 0 saturated heterocycles. The van der Waals surface area contributed by atoms with Crippen LogP contribution in [0, 0.1) is 5.82 Å². The number of rotatable bonds is 9. The van der Waals surface area contributed by atoms with Gasteiger partial charge >= 0.3 is 0 Å². The summed E-state index contributed by atoms with van der Waals surface area (Å²) in [5.74, 6) is -0.571. The van der Waals surface area contributed by atoms with Gasteiger partial charge in [0.25, 0.3) is 5.91 Å². The van der Waals surface area contributed by atoms with E-state index in [0.717, 1.165) is 5.56 Å². The molecule has 8 nitrogen and oxygen atoms in total. The molecule has 0 radical (unpaired) electrons. The van der Waals surface area contributed by atoms with Gasteiger partial charge in [-0.05, 0) is 54.4 Å². The number of hydrogen-bond donors (Lipinski definition) is 2. The first-order chi connectivity index (χ1) is 17.1. The Kier molecular flexibility index (Phi) is 7.47. The number of benzene rings is 2. The minimum absolute atomic E-state index is 0.224. The predicted octanol–water partition coefficient (Wildman–Crippen LogP) is 3.70. The number of carbonyl (C=O) groups excluding carboxylic acids is 2. The molecule has 0 aliphatic heterocycles. The van der Waals surface area contributed by atoms with Crippen molar-refractivity contribution in [2.24, 2.45) is 0 Å². The second kappa shape index (κ2) is 11.1. The number of methoxy groups -OCH3 is 1. The number of pyridine rings is 1. The quantitative estimate of drug-likeness (QED) is 0.386. The summed E-state index contributed by atoms with van der Waals surface area (Å²) in [5, 5.41) is 2.89. The molecule has 1 unspecified atom stereocenters. The normalized spacial score (nSPS) is 11.5. The smallest absolute Gasteiger partial charge is 0.277 e. The van der Waals surface area contributed by atoms with Crippen LogP contribution in [0.1, 0.15) is 27.7 Å². The number of carbonyl (C=O) groups is 2. The number of halogens is 1. The molecule has 2 heterocycles. The van der Waals surface area contributed by atoms with Crippen molar-refractivity contribution in [3.05, 3.63) is 108 Å². The van der Waals surface area contributed by atoms with E-state index in [1.807, 2.05) is 0 Å². The molecule has 4 aromatic rings. The molecule has 2 aromatic heterocycles. The van der Waals surface area contributed by atoms with E-state index in [9.17, 15) is 14.0 Å². The van der Waals surface area contributed by atoms with Crippen molar-refractivity contribution in [3.8, 4) is 5.75 Å². The molecule has 178 valence electrons. The molecule has 2 amide bonds. The summed E-state index contributed by atoms with van der Waals surface area (Å²) in [5.41, 5.74) is 1.99. The average molecular weight is 474 g/mol. The van der Waals surface area contributed by atoms with Crippen molar-refractivity contribution in [1.82, 2.24) is 20.3 Å². The number of nitrogens with zero attached hydrogens (tertiary/aromatic N) is 3. The molecule has 0 spiro atoms. The largest absolute Gasteiger partial charge is 0.497 e. The van der Waals surface area contributed by atoms with Gasteiger partial charge in [0.15, 0.2) is 0 Å². The van der Waals surface area contributed by atoms with E-state index >= 15 is 0 Å². The Morgan fingerprint density at radius 2 is 1.91 bits per heavy atom. The number of amides is 2. The van der Waals surface area contributed by atoms with Crippen molar-refractivity contribution in [2.75, 3.05) is 18.6 Å². The van der Waals surface area contributed by atoms with Gasteiger partial charge in [-0.1, -0.05) is 18.2 Å². The van der Waals surface area contributed by atoms with Gasteiger partial charge in [0, 0.05) is 30.2 Å². The number of aromatic amines is 1. The van der Waals surface area contributed by atoms with Crippen molar-refractivity contribution in [2.45, 2.75) is 12.5 Å². The lowest BCUT2D eigenvalue weighted by Crippen LogP contribution is -2.44. The lowest BCUT2D eigenvalue weighted by atomic mass is 10.0. The van der Waals surface area contributed by atoms with Gasteiger partial charge in [0.05, 0.1) is 19.6 Å². The predicted molar refractivity (Wildman–Crippen MR) is 128 cm³/mol. The van der Waals surface area contributed by atoms with Crippen LogP contribution in [0.15, 0.2) is 85.6 Å². The Bertz CT molecular complexity index is 1260. The fourth-order valence-electron chi connectivity index (χ4n) is 3.70. The van der Waals surface area contributed by atoms with E-state index in [2.05, 4.69) is 20.3 Å². The lowest BCUT2D eigenvalue weighted by Gasteiger charge is -2.31. The first kappa shape index (κ1) is 23.6. The number of anilines is 1. The minimum atomic E-state index is -1.03. The standard InChI is InChI=1S/C26H24FN5O3/c1-35-22-9-7-21(8-10-22)32(26(34)23-16-29-17-31-23)24(19-5-3-12-28-15-19)25(33)30-13-11-18-4-2-6-20(27)14-18/h2-10,12,14-17,24H,11,13H2,1H3,(H,29,31)(H,30,33). The van der Waals surface area contributed by atoms with E-state index in [4.69, 9.17) is 4.74 Å². The molecular formula is C26H24FN5O3. The van der Waals surface area contributed by atoms with Crippen LogP contribution < -0.4 is 15.0 Å². The van der Waals surface area contributed by atoms with Gasteiger partial charge in [0.2, 0.25) is 5.91 Å². The van der Waals surface area contributed by atoms with Crippen LogP contribution in [-0.4, -0.2) is 40.4 Å². The van der Waals surface area contributed by atoms with Gasteiger partial charge in [-0.3, -0.25) is 19.5 Å². The first-order valence-electron chi connectivity index (χ1n) is 10.9. The molecule has 1 atom stereocenters. The van der Waals surface area contributed by atoms with Crippen molar-refractivity contribution in [3.63, 3.8) is 0 Å². The third-order valence-corrected chi connectivity index (χ3v) is 5.41. The maximum absolute atomic E-state index is 13.6.